The Bertz CT molecular complexity index is 1310. The highest BCUT2D eigenvalue weighted by molar-refractivity contribution is 6.00. The maximum atomic E-state index is 4.80. The van der Waals surface area contributed by atoms with Gasteiger partial charge in [-0.25, -0.2) is 9.97 Å². The molecule has 5 heteroatoms. The van der Waals surface area contributed by atoms with E-state index in [4.69, 9.17) is 9.97 Å². The Labute approximate surface area is 168 Å². The van der Waals surface area contributed by atoms with Crippen molar-refractivity contribution in [2.75, 3.05) is 0 Å². The zero-order valence-electron chi connectivity index (χ0n) is 16.0. The Hall–Kier alpha value is -3.47. The zero-order valence-corrected chi connectivity index (χ0v) is 16.0. The van der Waals surface area contributed by atoms with Gasteiger partial charge in [-0.15, -0.1) is 0 Å². The van der Waals surface area contributed by atoms with Gasteiger partial charge in [0.25, 0.3) is 0 Å². The van der Waals surface area contributed by atoms with Crippen molar-refractivity contribution in [2.45, 2.75) is 31.6 Å². The molecule has 1 fully saturated rings. The second-order valence-electron chi connectivity index (χ2n) is 7.88. The average molecular weight is 379 g/mol. The number of hydrogen-bond acceptors (Lipinski definition) is 3. The topological polar surface area (TPSA) is 70.2 Å². The number of nitrogens with zero attached hydrogens (tertiary/aromatic N) is 3. The van der Waals surface area contributed by atoms with Gasteiger partial charge in [0.1, 0.15) is 5.82 Å². The lowest BCUT2D eigenvalue weighted by Gasteiger charge is -2.02. The summed E-state index contributed by atoms with van der Waals surface area (Å²) in [6.07, 6.45) is 6.22. The second-order valence-corrected chi connectivity index (χ2v) is 7.88. The Morgan fingerprint density at radius 3 is 2.52 bits per heavy atom. The lowest BCUT2D eigenvalue weighted by molar-refractivity contribution is 0.890. The highest BCUT2D eigenvalue weighted by Crippen LogP contribution is 2.40. The molecule has 5 nitrogen and oxygen atoms in total. The van der Waals surface area contributed by atoms with Crippen LogP contribution in [0.1, 0.15) is 35.8 Å². The van der Waals surface area contributed by atoms with E-state index in [0.717, 1.165) is 51.9 Å². The first kappa shape index (κ1) is 16.5. The Balaban J connectivity index is 1.35. The van der Waals surface area contributed by atoms with E-state index in [2.05, 4.69) is 63.7 Å². The standard InChI is InChI=1S/C24H21N5/c1-2-4-15(5-3-1)6-9-23-26-21-13-18-20(14-22(21)27-23)28-29-24(18)17-10-11-25-19(12-17)16-7-8-16/h1-5,10-14,16,28-29H,6-9H2. The van der Waals surface area contributed by atoms with E-state index in [1.807, 2.05) is 12.3 Å². The van der Waals surface area contributed by atoms with Crippen LogP contribution in [0.25, 0.3) is 33.2 Å². The molecule has 2 N–H and O–H groups in total. The van der Waals surface area contributed by atoms with Crippen LogP contribution in [0.2, 0.25) is 0 Å². The summed E-state index contributed by atoms with van der Waals surface area (Å²) in [4.78, 5) is 14.1. The fourth-order valence-electron chi connectivity index (χ4n) is 4.01. The van der Waals surface area contributed by atoms with Gasteiger partial charge >= 0.3 is 0 Å². The van der Waals surface area contributed by atoms with Crippen molar-refractivity contribution >= 4 is 21.9 Å². The van der Waals surface area contributed by atoms with E-state index in [1.165, 1.54) is 24.1 Å². The van der Waals surface area contributed by atoms with Crippen LogP contribution in [0, 0.1) is 0 Å². The number of fused-ring (bicyclic) bond motifs is 2. The third-order valence-corrected chi connectivity index (χ3v) is 5.75. The highest BCUT2D eigenvalue weighted by Gasteiger charge is 2.25. The van der Waals surface area contributed by atoms with E-state index in [0.29, 0.717) is 5.92 Å². The summed E-state index contributed by atoms with van der Waals surface area (Å²) in [5.74, 6) is 1.54. The van der Waals surface area contributed by atoms with Crippen LogP contribution in [0.3, 0.4) is 0 Å². The Morgan fingerprint density at radius 2 is 1.69 bits per heavy atom. The van der Waals surface area contributed by atoms with Crippen molar-refractivity contribution in [1.29, 1.82) is 0 Å². The number of imidazole rings is 1. The molecule has 29 heavy (non-hydrogen) atoms. The SMILES string of the molecule is c1ccc(CCc2nc3cc4[nH][nH]c(-c5ccnc(C6CC6)c5)c4cc3n2)cc1. The molecule has 6 rings (SSSR count). The number of benzene rings is 2. The molecule has 1 saturated carbocycles. The lowest BCUT2D eigenvalue weighted by Crippen LogP contribution is -1.92. The fourth-order valence-corrected chi connectivity index (χ4v) is 4.01. The molecular weight excluding hydrogens is 358 g/mol. The molecule has 142 valence electrons. The van der Waals surface area contributed by atoms with Crippen LogP contribution < -0.4 is 0 Å². The predicted octanol–water partition coefficient (Wildman–Crippen LogP) is 5.16. The van der Waals surface area contributed by atoms with Crippen molar-refractivity contribution in [3.8, 4) is 11.3 Å². The van der Waals surface area contributed by atoms with Gasteiger partial charge in [0, 0.05) is 35.2 Å². The number of hydrogen-bond donors (Lipinski definition) is 2. The molecule has 0 saturated heterocycles. The maximum absolute atomic E-state index is 4.80. The summed E-state index contributed by atoms with van der Waals surface area (Å²) < 4.78 is 0. The number of aromatic amines is 2. The van der Waals surface area contributed by atoms with Crippen molar-refractivity contribution in [1.82, 2.24) is 25.1 Å². The van der Waals surface area contributed by atoms with Gasteiger partial charge < -0.3 is 5.10 Å². The molecule has 2 aromatic carbocycles. The summed E-state index contributed by atoms with van der Waals surface area (Å²) in [5, 5.41) is 7.77. The van der Waals surface area contributed by atoms with Crippen molar-refractivity contribution in [3.63, 3.8) is 0 Å². The van der Waals surface area contributed by atoms with Crippen LogP contribution in [0.5, 0.6) is 0 Å². The molecular formula is C24H21N5. The molecule has 0 atom stereocenters. The summed E-state index contributed by atoms with van der Waals surface area (Å²) in [7, 11) is 0. The number of nitrogens with one attached hydrogen (secondary N) is 2. The number of H-pyrrole nitrogens is 2. The van der Waals surface area contributed by atoms with Crippen molar-refractivity contribution < 1.29 is 0 Å². The highest BCUT2D eigenvalue weighted by atomic mass is 15.1. The van der Waals surface area contributed by atoms with E-state index in [-0.39, 0.29) is 0 Å². The third-order valence-electron chi connectivity index (χ3n) is 5.75. The number of pyridine rings is 1. The quantitative estimate of drug-likeness (QED) is 0.443. The smallest absolute Gasteiger partial charge is 0.130 e. The van der Waals surface area contributed by atoms with Crippen LogP contribution in [-0.4, -0.2) is 25.1 Å². The number of rotatable bonds is 5. The van der Waals surface area contributed by atoms with E-state index < -0.39 is 0 Å². The fraction of sp³-hybridized carbons (Fsp3) is 0.208. The molecule has 1 aliphatic rings. The molecule has 3 aromatic heterocycles. The molecule has 0 amide bonds. The second kappa shape index (κ2) is 6.55. The monoisotopic (exact) mass is 379 g/mol. The molecule has 0 spiro atoms. The van der Waals surface area contributed by atoms with Gasteiger partial charge in [0.2, 0.25) is 0 Å². The largest absolute Gasteiger partial charge is 0.300 e. The van der Waals surface area contributed by atoms with Gasteiger partial charge in [-0.1, -0.05) is 30.3 Å². The van der Waals surface area contributed by atoms with Gasteiger partial charge in [0.05, 0.1) is 22.2 Å². The molecule has 1 aliphatic carbocycles. The zero-order chi connectivity index (χ0) is 19.2. The van der Waals surface area contributed by atoms with Crippen LogP contribution in [0.15, 0.2) is 60.8 Å². The molecule has 0 aliphatic heterocycles. The lowest BCUT2D eigenvalue weighted by atomic mass is 10.1. The summed E-state index contributed by atoms with van der Waals surface area (Å²) in [6.45, 7) is 0. The average Bonchev–Trinajstić information content (AvgIpc) is 3.42. The van der Waals surface area contributed by atoms with E-state index in [1.54, 1.807) is 0 Å². The Morgan fingerprint density at radius 1 is 0.862 bits per heavy atom. The molecule has 5 aromatic rings. The molecule has 3 heterocycles. The first-order valence-corrected chi connectivity index (χ1v) is 10.2. The number of aryl methyl sites for hydroxylation is 2. The van der Waals surface area contributed by atoms with Crippen LogP contribution >= 0.6 is 0 Å². The van der Waals surface area contributed by atoms with Gasteiger partial charge in [-0.2, -0.15) is 0 Å². The minimum Gasteiger partial charge on any atom is -0.300 e. The van der Waals surface area contributed by atoms with Gasteiger partial charge in [-0.3, -0.25) is 10.1 Å². The van der Waals surface area contributed by atoms with E-state index in [9.17, 15) is 0 Å². The third kappa shape index (κ3) is 3.09. The van der Waals surface area contributed by atoms with Gasteiger partial charge in [0.15, 0.2) is 0 Å². The first-order valence-electron chi connectivity index (χ1n) is 10.2. The summed E-state index contributed by atoms with van der Waals surface area (Å²) in [5.41, 5.74) is 7.70. The first-order chi connectivity index (χ1) is 14.3. The minimum absolute atomic E-state index is 0.639. The van der Waals surface area contributed by atoms with Crippen LogP contribution in [0.4, 0.5) is 0 Å². The Kier molecular flexibility index (Phi) is 3.72. The number of aromatic nitrogens is 5. The van der Waals surface area contributed by atoms with Crippen molar-refractivity contribution in [2.24, 2.45) is 0 Å². The van der Waals surface area contributed by atoms with Crippen molar-refractivity contribution in [3.05, 3.63) is 77.9 Å². The molecule has 0 radical (unpaired) electrons. The minimum atomic E-state index is 0.639. The molecule has 0 unspecified atom stereocenters. The molecule has 0 bridgehead atoms. The summed E-state index contributed by atoms with van der Waals surface area (Å²) >= 11 is 0. The predicted molar refractivity (Wildman–Crippen MR) is 115 cm³/mol. The maximum Gasteiger partial charge on any atom is 0.130 e. The van der Waals surface area contributed by atoms with Crippen LogP contribution in [-0.2, 0) is 12.8 Å². The summed E-state index contributed by atoms with van der Waals surface area (Å²) in [6, 6.07) is 19.0. The normalized spacial score (nSPS) is 14.1. The van der Waals surface area contributed by atoms with E-state index >= 15 is 0 Å². The van der Waals surface area contributed by atoms with Gasteiger partial charge in [-0.05, 0) is 49.1 Å².